The largest absolute Gasteiger partial charge is 0.366 e. The molecule has 0 amide bonds. The molecule has 0 aromatic rings. The van der Waals surface area contributed by atoms with Crippen LogP contribution in [0.4, 0.5) is 0 Å². The van der Waals surface area contributed by atoms with Gasteiger partial charge in [-0.05, 0) is 27.7 Å². The van der Waals surface area contributed by atoms with E-state index in [1.165, 1.54) is 0 Å². The van der Waals surface area contributed by atoms with Crippen molar-refractivity contribution in [1.29, 1.82) is 0 Å². The maximum Gasteiger partial charge on any atom is 0.0996 e. The lowest BCUT2D eigenvalue weighted by Gasteiger charge is -2.34. The van der Waals surface area contributed by atoms with Crippen LogP contribution in [0.3, 0.4) is 0 Å². The number of hydrogen-bond acceptors (Lipinski definition) is 2. The lowest BCUT2D eigenvalue weighted by Crippen LogP contribution is -2.44. The van der Waals surface area contributed by atoms with Crippen molar-refractivity contribution in [2.45, 2.75) is 65.0 Å². The van der Waals surface area contributed by atoms with Crippen molar-refractivity contribution in [2.24, 2.45) is 5.41 Å². The van der Waals surface area contributed by atoms with Crippen LogP contribution in [0.1, 0.15) is 41.5 Å². The molecule has 2 nitrogen and oxygen atoms in total. The highest BCUT2D eigenvalue weighted by molar-refractivity contribution is 5.19. The molecular formula is C11H20O2. The zero-order chi connectivity index (χ0) is 10.1. The van der Waals surface area contributed by atoms with Crippen molar-refractivity contribution in [1.82, 2.24) is 0 Å². The van der Waals surface area contributed by atoms with Gasteiger partial charge in [-0.15, -0.1) is 0 Å². The molecule has 0 N–H and O–H groups in total. The normalized spacial score (nSPS) is 54.9. The van der Waals surface area contributed by atoms with E-state index >= 15 is 0 Å². The first kappa shape index (κ1) is 9.47. The summed E-state index contributed by atoms with van der Waals surface area (Å²) in [5.41, 5.74) is 0.109. The van der Waals surface area contributed by atoms with E-state index in [0.29, 0.717) is 12.2 Å². The van der Waals surface area contributed by atoms with Crippen LogP contribution in [-0.4, -0.2) is 23.4 Å². The van der Waals surface area contributed by atoms with Crippen molar-refractivity contribution >= 4 is 0 Å². The Morgan fingerprint density at radius 2 is 1.15 bits per heavy atom. The second-order valence-electron chi connectivity index (χ2n) is 5.36. The minimum Gasteiger partial charge on any atom is -0.366 e. The maximum absolute atomic E-state index is 5.70. The van der Waals surface area contributed by atoms with E-state index in [-0.39, 0.29) is 16.6 Å². The molecule has 2 aliphatic heterocycles. The molecule has 4 unspecified atom stereocenters. The Balaban J connectivity index is 2.22. The standard InChI is InChI=1S/C11H20O2/c1-7-10(5,12-7)9(3,4)11(6)8(2)13-11/h7-8H,1-6H3. The van der Waals surface area contributed by atoms with Crippen LogP contribution < -0.4 is 0 Å². The Morgan fingerprint density at radius 3 is 1.31 bits per heavy atom. The first-order valence-corrected chi connectivity index (χ1v) is 5.11. The van der Waals surface area contributed by atoms with E-state index < -0.39 is 0 Å². The zero-order valence-corrected chi connectivity index (χ0v) is 9.47. The quantitative estimate of drug-likeness (QED) is 0.615. The van der Waals surface area contributed by atoms with Gasteiger partial charge < -0.3 is 9.47 Å². The smallest absolute Gasteiger partial charge is 0.0996 e. The zero-order valence-electron chi connectivity index (χ0n) is 9.47. The van der Waals surface area contributed by atoms with Gasteiger partial charge in [0.25, 0.3) is 0 Å². The number of hydrogen-bond donors (Lipinski definition) is 0. The van der Waals surface area contributed by atoms with Gasteiger partial charge in [0.1, 0.15) is 0 Å². The van der Waals surface area contributed by atoms with E-state index in [1.54, 1.807) is 0 Å². The molecule has 0 radical (unpaired) electrons. The fourth-order valence-corrected chi connectivity index (χ4v) is 2.47. The second kappa shape index (κ2) is 2.12. The summed E-state index contributed by atoms with van der Waals surface area (Å²) in [5.74, 6) is 0. The van der Waals surface area contributed by atoms with E-state index in [4.69, 9.17) is 9.47 Å². The molecule has 76 valence electrons. The SMILES string of the molecule is CC1OC1(C)C(C)(C)C1(C)OC1C. The molecule has 2 fully saturated rings. The summed E-state index contributed by atoms with van der Waals surface area (Å²) in [6, 6.07) is 0. The van der Waals surface area contributed by atoms with Crippen LogP contribution in [0.2, 0.25) is 0 Å². The van der Waals surface area contributed by atoms with Crippen LogP contribution in [0.25, 0.3) is 0 Å². The lowest BCUT2D eigenvalue weighted by atomic mass is 9.67. The van der Waals surface area contributed by atoms with E-state index in [2.05, 4.69) is 41.5 Å². The first-order chi connectivity index (χ1) is 5.76. The average Bonchev–Trinajstić information content (AvgIpc) is 2.78. The number of ether oxygens (including phenoxy) is 2. The van der Waals surface area contributed by atoms with E-state index in [0.717, 1.165) is 0 Å². The maximum atomic E-state index is 5.70. The van der Waals surface area contributed by atoms with Crippen molar-refractivity contribution in [3.8, 4) is 0 Å². The van der Waals surface area contributed by atoms with Crippen LogP contribution in [-0.2, 0) is 9.47 Å². The molecule has 4 atom stereocenters. The van der Waals surface area contributed by atoms with Gasteiger partial charge in [0.2, 0.25) is 0 Å². The van der Waals surface area contributed by atoms with Gasteiger partial charge >= 0.3 is 0 Å². The summed E-state index contributed by atoms with van der Waals surface area (Å²) >= 11 is 0. The van der Waals surface area contributed by atoms with Crippen molar-refractivity contribution < 1.29 is 9.47 Å². The van der Waals surface area contributed by atoms with Crippen molar-refractivity contribution in [3.63, 3.8) is 0 Å². The first-order valence-electron chi connectivity index (χ1n) is 5.11. The molecule has 0 bridgehead atoms. The topological polar surface area (TPSA) is 25.1 Å². The van der Waals surface area contributed by atoms with Gasteiger partial charge in [-0.3, -0.25) is 0 Å². The second-order valence-corrected chi connectivity index (χ2v) is 5.36. The minimum absolute atomic E-state index is 0.00646. The highest BCUT2D eigenvalue weighted by atomic mass is 16.6. The number of rotatable bonds is 2. The molecule has 0 aliphatic carbocycles. The van der Waals surface area contributed by atoms with E-state index in [1.807, 2.05) is 0 Å². The van der Waals surface area contributed by atoms with Gasteiger partial charge in [-0.2, -0.15) is 0 Å². The summed E-state index contributed by atoms with van der Waals surface area (Å²) < 4.78 is 11.4. The van der Waals surface area contributed by atoms with Crippen LogP contribution in [0.15, 0.2) is 0 Å². The molecular weight excluding hydrogens is 164 g/mol. The molecule has 2 heteroatoms. The van der Waals surface area contributed by atoms with Gasteiger partial charge in [0.15, 0.2) is 0 Å². The van der Waals surface area contributed by atoms with Gasteiger partial charge in [0.05, 0.1) is 23.4 Å². The van der Waals surface area contributed by atoms with Crippen LogP contribution in [0.5, 0.6) is 0 Å². The summed E-state index contributed by atoms with van der Waals surface area (Å²) in [7, 11) is 0. The Labute approximate surface area is 80.6 Å². The summed E-state index contributed by atoms with van der Waals surface area (Å²) in [5, 5.41) is 0. The Kier molecular flexibility index (Phi) is 1.54. The van der Waals surface area contributed by atoms with Crippen molar-refractivity contribution in [2.75, 3.05) is 0 Å². The Hall–Kier alpha value is -0.0800. The van der Waals surface area contributed by atoms with E-state index in [9.17, 15) is 0 Å². The molecule has 0 aromatic heterocycles. The predicted octanol–water partition coefficient (Wildman–Crippen LogP) is 2.37. The highest BCUT2D eigenvalue weighted by Crippen LogP contribution is 2.62. The van der Waals surface area contributed by atoms with Crippen LogP contribution in [0, 0.1) is 5.41 Å². The van der Waals surface area contributed by atoms with Crippen molar-refractivity contribution in [3.05, 3.63) is 0 Å². The average molecular weight is 184 g/mol. The summed E-state index contributed by atoms with van der Waals surface area (Å²) in [6.45, 7) is 13.2. The molecule has 13 heavy (non-hydrogen) atoms. The third-order valence-electron chi connectivity index (χ3n) is 4.76. The van der Waals surface area contributed by atoms with Crippen LogP contribution >= 0.6 is 0 Å². The summed E-state index contributed by atoms with van der Waals surface area (Å²) in [4.78, 5) is 0. The third-order valence-corrected chi connectivity index (χ3v) is 4.76. The predicted molar refractivity (Wildman–Crippen MR) is 51.7 cm³/mol. The molecule has 2 rings (SSSR count). The molecule has 0 saturated carbocycles. The highest BCUT2D eigenvalue weighted by Gasteiger charge is 2.72. The number of epoxide rings is 2. The minimum atomic E-state index is 0.00646. The third kappa shape index (κ3) is 0.909. The van der Waals surface area contributed by atoms with Gasteiger partial charge in [0, 0.05) is 5.41 Å². The molecule has 0 aromatic carbocycles. The lowest BCUT2D eigenvalue weighted by molar-refractivity contribution is 0.0609. The molecule has 2 saturated heterocycles. The Morgan fingerprint density at radius 1 is 0.923 bits per heavy atom. The fourth-order valence-electron chi connectivity index (χ4n) is 2.47. The van der Waals surface area contributed by atoms with Gasteiger partial charge in [-0.25, -0.2) is 0 Å². The molecule has 0 spiro atoms. The fraction of sp³-hybridized carbons (Fsp3) is 1.00. The van der Waals surface area contributed by atoms with Gasteiger partial charge in [-0.1, -0.05) is 13.8 Å². The Bertz CT molecular complexity index is 224. The summed E-state index contributed by atoms with van der Waals surface area (Å²) in [6.07, 6.45) is 0.742. The molecule has 2 aliphatic rings. The monoisotopic (exact) mass is 184 g/mol. The molecule has 2 heterocycles.